The zero-order valence-electron chi connectivity index (χ0n) is 10.4. The molecule has 96 valence electrons. The molecule has 1 aromatic rings. The predicted molar refractivity (Wildman–Crippen MR) is 63.6 cm³/mol. The minimum absolute atomic E-state index is 0.204. The molecule has 1 aromatic heterocycles. The molecule has 2 atom stereocenters. The van der Waals surface area contributed by atoms with Crippen LogP contribution in [0.5, 0.6) is 0 Å². The van der Waals surface area contributed by atoms with Crippen molar-refractivity contribution in [3.63, 3.8) is 0 Å². The largest absolute Gasteiger partial charge is 0.392 e. The average molecular weight is 239 g/mol. The highest BCUT2D eigenvalue weighted by Gasteiger charge is 2.20. The number of aliphatic hydroxyl groups excluding tert-OH is 1. The number of hydrogen-bond acceptors (Lipinski definition) is 5. The van der Waals surface area contributed by atoms with Gasteiger partial charge < -0.3 is 14.9 Å². The molecule has 1 fully saturated rings. The van der Waals surface area contributed by atoms with E-state index in [1.54, 1.807) is 6.92 Å². The Balaban J connectivity index is 1.73. The van der Waals surface area contributed by atoms with Crippen molar-refractivity contribution in [2.24, 2.45) is 0 Å². The minimum Gasteiger partial charge on any atom is -0.392 e. The fourth-order valence-electron chi connectivity index (χ4n) is 2.34. The standard InChI is InChI=1S/C12H21N3O2/c1-9-14-12(15-17-9)7-8-13-10-5-3-2-4-6-11(10)16/h10-11,13,16H,2-8H2,1H3. The summed E-state index contributed by atoms with van der Waals surface area (Å²) in [4.78, 5) is 4.15. The third kappa shape index (κ3) is 3.78. The summed E-state index contributed by atoms with van der Waals surface area (Å²) in [6, 6.07) is 0.227. The fourth-order valence-corrected chi connectivity index (χ4v) is 2.34. The fraction of sp³-hybridized carbons (Fsp3) is 0.833. The zero-order valence-corrected chi connectivity index (χ0v) is 10.4. The van der Waals surface area contributed by atoms with Gasteiger partial charge in [-0.1, -0.05) is 24.4 Å². The van der Waals surface area contributed by atoms with Crippen LogP contribution in [-0.2, 0) is 6.42 Å². The van der Waals surface area contributed by atoms with Crippen molar-refractivity contribution in [3.8, 4) is 0 Å². The smallest absolute Gasteiger partial charge is 0.223 e. The van der Waals surface area contributed by atoms with Crippen molar-refractivity contribution in [1.29, 1.82) is 0 Å². The van der Waals surface area contributed by atoms with Crippen molar-refractivity contribution in [2.75, 3.05) is 6.54 Å². The van der Waals surface area contributed by atoms with Gasteiger partial charge in [0.15, 0.2) is 5.82 Å². The predicted octanol–water partition coefficient (Wildman–Crippen LogP) is 1.20. The molecule has 1 aliphatic rings. The molecule has 0 amide bonds. The molecule has 2 rings (SSSR count). The summed E-state index contributed by atoms with van der Waals surface area (Å²) in [5.41, 5.74) is 0. The number of hydrogen-bond donors (Lipinski definition) is 2. The number of nitrogens with one attached hydrogen (secondary N) is 1. The van der Waals surface area contributed by atoms with Crippen molar-refractivity contribution in [3.05, 3.63) is 11.7 Å². The maximum absolute atomic E-state index is 9.94. The molecule has 0 aromatic carbocycles. The molecule has 1 heterocycles. The molecule has 17 heavy (non-hydrogen) atoms. The van der Waals surface area contributed by atoms with Gasteiger partial charge in [0.25, 0.3) is 0 Å². The summed E-state index contributed by atoms with van der Waals surface area (Å²) in [5, 5.41) is 17.2. The molecule has 5 nitrogen and oxygen atoms in total. The van der Waals surface area contributed by atoms with Gasteiger partial charge in [-0.05, 0) is 12.8 Å². The van der Waals surface area contributed by atoms with Gasteiger partial charge in [0.2, 0.25) is 5.89 Å². The van der Waals surface area contributed by atoms with E-state index in [9.17, 15) is 5.11 Å². The molecule has 2 N–H and O–H groups in total. The Kier molecular flexibility index (Phi) is 4.50. The quantitative estimate of drug-likeness (QED) is 0.773. The number of aliphatic hydroxyl groups is 1. The van der Waals surface area contributed by atoms with E-state index in [4.69, 9.17) is 4.52 Å². The van der Waals surface area contributed by atoms with Crippen molar-refractivity contribution in [1.82, 2.24) is 15.5 Å². The second kappa shape index (κ2) is 6.12. The molecule has 0 bridgehead atoms. The Bertz CT molecular complexity index is 340. The summed E-state index contributed by atoms with van der Waals surface area (Å²) in [6.07, 6.45) is 6.11. The van der Waals surface area contributed by atoms with Gasteiger partial charge >= 0.3 is 0 Å². The maximum atomic E-state index is 9.94. The average Bonchev–Trinajstić information content (AvgIpc) is 2.61. The second-order valence-electron chi connectivity index (χ2n) is 4.75. The van der Waals surface area contributed by atoms with E-state index in [1.807, 2.05) is 0 Å². The Morgan fingerprint density at radius 1 is 1.35 bits per heavy atom. The van der Waals surface area contributed by atoms with E-state index in [1.165, 1.54) is 12.8 Å². The molecule has 2 unspecified atom stereocenters. The second-order valence-corrected chi connectivity index (χ2v) is 4.75. The van der Waals surface area contributed by atoms with Crippen LogP contribution >= 0.6 is 0 Å². The molecule has 0 saturated heterocycles. The van der Waals surface area contributed by atoms with E-state index >= 15 is 0 Å². The highest BCUT2D eigenvalue weighted by atomic mass is 16.5. The van der Waals surface area contributed by atoms with E-state index < -0.39 is 0 Å². The number of rotatable bonds is 4. The summed E-state index contributed by atoms with van der Waals surface area (Å²) >= 11 is 0. The molecule has 0 radical (unpaired) electrons. The van der Waals surface area contributed by atoms with E-state index in [-0.39, 0.29) is 12.1 Å². The molecule has 5 heteroatoms. The van der Waals surface area contributed by atoms with E-state index in [2.05, 4.69) is 15.5 Å². The lowest BCUT2D eigenvalue weighted by Gasteiger charge is -2.21. The lowest BCUT2D eigenvalue weighted by molar-refractivity contribution is 0.120. The molecular weight excluding hydrogens is 218 g/mol. The summed E-state index contributed by atoms with van der Waals surface area (Å²) in [7, 11) is 0. The summed E-state index contributed by atoms with van der Waals surface area (Å²) in [6.45, 7) is 2.58. The van der Waals surface area contributed by atoms with Crippen LogP contribution in [0.3, 0.4) is 0 Å². The Morgan fingerprint density at radius 3 is 2.94 bits per heavy atom. The van der Waals surface area contributed by atoms with Gasteiger partial charge in [-0.2, -0.15) is 4.98 Å². The van der Waals surface area contributed by atoms with Crippen LogP contribution in [0.15, 0.2) is 4.52 Å². The third-order valence-corrected chi connectivity index (χ3v) is 3.30. The van der Waals surface area contributed by atoms with Crippen molar-refractivity contribution in [2.45, 2.75) is 57.6 Å². The zero-order chi connectivity index (χ0) is 12.1. The first-order chi connectivity index (χ1) is 8.25. The lowest BCUT2D eigenvalue weighted by atomic mass is 10.1. The molecular formula is C12H21N3O2. The molecule has 1 aliphatic carbocycles. The third-order valence-electron chi connectivity index (χ3n) is 3.30. The SMILES string of the molecule is Cc1nc(CCNC2CCCCCC2O)no1. The highest BCUT2D eigenvalue weighted by molar-refractivity contribution is 4.86. The van der Waals surface area contributed by atoms with E-state index in [0.717, 1.165) is 38.1 Å². The van der Waals surface area contributed by atoms with Crippen LogP contribution in [0, 0.1) is 6.92 Å². The molecule has 0 spiro atoms. The molecule has 1 saturated carbocycles. The number of aromatic nitrogens is 2. The first-order valence-corrected chi connectivity index (χ1v) is 6.46. The lowest BCUT2D eigenvalue weighted by Crippen LogP contribution is -2.40. The van der Waals surface area contributed by atoms with Crippen molar-refractivity contribution < 1.29 is 9.63 Å². The van der Waals surface area contributed by atoms with Gasteiger partial charge in [-0.25, -0.2) is 0 Å². The molecule has 0 aliphatic heterocycles. The number of aryl methyl sites for hydroxylation is 1. The Hall–Kier alpha value is -0.940. The van der Waals surface area contributed by atoms with Crippen LogP contribution in [0.2, 0.25) is 0 Å². The van der Waals surface area contributed by atoms with Gasteiger partial charge in [-0.3, -0.25) is 0 Å². The highest BCUT2D eigenvalue weighted by Crippen LogP contribution is 2.17. The summed E-state index contributed by atoms with van der Waals surface area (Å²) < 4.78 is 4.91. The number of nitrogens with zero attached hydrogens (tertiary/aromatic N) is 2. The normalized spacial score (nSPS) is 25.8. The van der Waals surface area contributed by atoms with Crippen LogP contribution in [0.4, 0.5) is 0 Å². The van der Waals surface area contributed by atoms with Gasteiger partial charge in [0.05, 0.1) is 6.10 Å². The van der Waals surface area contributed by atoms with Crippen molar-refractivity contribution >= 4 is 0 Å². The Labute approximate surface area is 102 Å². The van der Waals surface area contributed by atoms with Crippen LogP contribution in [0.25, 0.3) is 0 Å². The van der Waals surface area contributed by atoms with E-state index in [0.29, 0.717) is 5.89 Å². The first kappa shape index (κ1) is 12.5. The van der Waals surface area contributed by atoms with Gasteiger partial charge in [0.1, 0.15) is 0 Å². The van der Waals surface area contributed by atoms with Gasteiger partial charge in [0, 0.05) is 25.9 Å². The van der Waals surface area contributed by atoms with Crippen LogP contribution in [-0.4, -0.2) is 33.9 Å². The van der Waals surface area contributed by atoms with Crippen LogP contribution < -0.4 is 5.32 Å². The van der Waals surface area contributed by atoms with Crippen LogP contribution in [0.1, 0.15) is 43.8 Å². The topological polar surface area (TPSA) is 71.2 Å². The summed E-state index contributed by atoms with van der Waals surface area (Å²) in [5.74, 6) is 1.34. The monoisotopic (exact) mass is 239 g/mol. The minimum atomic E-state index is -0.204. The Morgan fingerprint density at radius 2 is 2.18 bits per heavy atom. The first-order valence-electron chi connectivity index (χ1n) is 6.46. The maximum Gasteiger partial charge on any atom is 0.223 e. The van der Waals surface area contributed by atoms with Gasteiger partial charge in [-0.15, -0.1) is 0 Å².